The molecule has 3 aromatic rings. The fourth-order valence-corrected chi connectivity index (χ4v) is 4.95. The number of sulfonamides is 1. The van der Waals surface area contributed by atoms with Crippen molar-refractivity contribution in [1.82, 2.24) is 4.57 Å². The first kappa shape index (κ1) is 18.3. The zero-order valence-electron chi connectivity index (χ0n) is 13.3. The lowest BCUT2D eigenvalue weighted by molar-refractivity contribution is 0.601. The zero-order valence-corrected chi connectivity index (χ0v) is 16.4. The summed E-state index contributed by atoms with van der Waals surface area (Å²) in [5.74, 6) is 0. The van der Waals surface area contributed by atoms with Gasteiger partial charge in [-0.1, -0.05) is 34.5 Å². The van der Waals surface area contributed by atoms with Crippen LogP contribution in [-0.2, 0) is 10.0 Å². The first-order valence-electron chi connectivity index (χ1n) is 7.32. The van der Waals surface area contributed by atoms with Crippen LogP contribution < -0.4 is 9.60 Å². The molecule has 0 radical (unpaired) electrons. The second-order valence-electron chi connectivity index (χ2n) is 5.70. The molecule has 132 valence electrons. The van der Waals surface area contributed by atoms with Crippen molar-refractivity contribution in [2.45, 2.75) is 24.8 Å². The third-order valence-electron chi connectivity index (χ3n) is 3.58. The molecule has 0 bridgehead atoms. The van der Waals surface area contributed by atoms with E-state index in [1.54, 1.807) is 10.6 Å². The molecule has 0 spiro atoms. The van der Waals surface area contributed by atoms with Crippen LogP contribution in [-0.4, -0.2) is 13.0 Å². The average molecular weight is 417 g/mol. The Morgan fingerprint density at radius 1 is 1.08 bits per heavy atom. The molecule has 0 saturated carbocycles. The Hall–Kier alpha value is -1.54. The number of fused-ring (bicyclic) bond motifs is 1. The number of nitrogens with zero attached hydrogens (tertiary/aromatic N) is 1. The largest absolute Gasteiger partial charge is 0.308 e. The van der Waals surface area contributed by atoms with Crippen LogP contribution in [0.2, 0.25) is 10.0 Å². The maximum atomic E-state index is 12.6. The summed E-state index contributed by atoms with van der Waals surface area (Å²) in [5, 5.41) is 0.593. The lowest BCUT2D eigenvalue weighted by atomic mass is 10.3. The summed E-state index contributed by atoms with van der Waals surface area (Å²) in [6.45, 7) is 3.81. The summed E-state index contributed by atoms with van der Waals surface area (Å²) in [6.07, 6.45) is 0. The Kier molecular flexibility index (Phi) is 4.85. The van der Waals surface area contributed by atoms with Gasteiger partial charge in [-0.2, -0.15) is 0 Å². The zero-order chi connectivity index (χ0) is 18.4. The van der Waals surface area contributed by atoms with Gasteiger partial charge in [-0.25, -0.2) is 8.42 Å². The van der Waals surface area contributed by atoms with Crippen molar-refractivity contribution < 1.29 is 8.42 Å². The van der Waals surface area contributed by atoms with Crippen LogP contribution in [0.3, 0.4) is 0 Å². The molecule has 0 unspecified atom stereocenters. The Morgan fingerprint density at radius 2 is 1.80 bits per heavy atom. The summed E-state index contributed by atoms with van der Waals surface area (Å²) in [7, 11) is -3.81. The van der Waals surface area contributed by atoms with Crippen LogP contribution in [0, 0.1) is 0 Å². The van der Waals surface area contributed by atoms with E-state index in [0.29, 0.717) is 15.4 Å². The smallest absolute Gasteiger partial charge is 0.296 e. The van der Waals surface area contributed by atoms with E-state index in [9.17, 15) is 13.2 Å². The number of halogens is 2. The normalized spacial score (nSPS) is 12.0. The highest BCUT2D eigenvalue weighted by molar-refractivity contribution is 7.92. The molecule has 0 aliphatic carbocycles. The van der Waals surface area contributed by atoms with Crippen molar-refractivity contribution in [1.29, 1.82) is 0 Å². The van der Waals surface area contributed by atoms with Gasteiger partial charge in [-0.3, -0.25) is 14.1 Å². The second kappa shape index (κ2) is 6.64. The molecule has 0 aliphatic heterocycles. The van der Waals surface area contributed by atoms with Gasteiger partial charge in [-0.15, -0.1) is 0 Å². The van der Waals surface area contributed by atoms with E-state index < -0.39 is 10.0 Å². The number of hydrogen-bond acceptors (Lipinski definition) is 4. The fourth-order valence-electron chi connectivity index (χ4n) is 2.45. The van der Waals surface area contributed by atoms with E-state index in [1.807, 2.05) is 13.8 Å². The number of benzene rings is 2. The first-order valence-corrected chi connectivity index (χ1v) is 10.4. The van der Waals surface area contributed by atoms with E-state index in [1.165, 1.54) is 30.3 Å². The minimum absolute atomic E-state index is 0.00181. The molecular formula is C16H14Cl2N2O3S2. The fraction of sp³-hybridized carbons (Fsp3) is 0.188. The molecule has 25 heavy (non-hydrogen) atoms. The van der Waals surface area contributed by atoms with Gasteiger partial charge >= 0.3 is 4.87 Å². The number of rotatable bonds is 4. The van der Waals surface area contributed by atoms with E-state index in [4.69, 9.17) is 23.2 Å². The minimum atomic E-state index is -3.81. The molecule has 0 fully saturated rings. The summed E-state index contributed by atoms with van der Waals surface area (Å²) in [6, 6.07) is 9.10. The molecule has 9 heteroatoms. The molecule has 1 N–H and O–H groups in total. The molecule has 0 aliphatic rings. The van der Waals surface area contributed by atoms with Gasteiger partial charge in [0.2, 0.25) is 0 Å². The van der Waals surface area contributed by atoms with E-state index in [2.05, 4.69) is 4.72 Å². The van der Waals surface area contributed by atoms with Gasteiger partial charge in [0.1, 0.15) is 0 Å². The Balaban J connectivity index is 2.02. The third kappa shape index (κ3) is 3.55. The van der Waals surface area contributed by atoms with Crippen LogP contribution in [0.1, 0.15) is 19.9 Å². The first-order chi connectivity index (χ1) is 11.7. The lowest BCUT2D eigenvalue weighted by Crippen LogP contribution is -2.15. The van der Waals surface area contributed by atoms with E-state index in [-0.39, 0.29) is 20.8 Å². The van der Waals surface area contributed by atoms with Gasteiger partial charge in [0.15, 0.2) is 0 Å². The standard InChI is InChI=1S/C16H14Cl2N2O3S2/c1-9(2)20-14-6-4-11(8-15(14)24-16(20)21)25(22,23)19-10-3-5-12(17)13(18)7-10/h3-9,19H,1-2H3. The number of thiazole rings is 1. The molecule has 2 aromatic carbocycles. The van der Waals surface area contributed by atoms with Crippen LogP contribution in [0.15, 0.2) is 46.1 Å². The Labute approximate surface area is 158 Å². The second-order valence-corrected chi connectivity index (χ2v) is 9.19. The molecule has 0 saturated heterocycles. The highest BCUT2D eigenvalue weighted by Gasteiger charge is 2.18. The number of hydrogen-bond donors (Lipinski definition) is 1. The van der Waals surface area contributed by atoms with Gasteiger partial charge < -0.3 is 0 Å². The summed E-state index contributed by atoms with van der Waals surface area (Å²) in [5.41, 5.74) is 1.03. The van der Waals surface area contributed by atoms with Crippen LogP contribution in [0.5, 0.6) is 0 Å². The SMILES string of the molecule is CC(C)n1c(=O)sc2cc(S(=O)(=O)Nc3ccc(Cl)c(Cl)c3)ccc21. The molecular weight excluding hydrogens is 403 g/mol. The van der Waals surface area contributed by atoms with Crippen molar-refractivity contribution in [2.75, 3.05) is 4.72 Å². The topological polar surface area (TPSA) is 68.2 Å². The highest BCUT2D eigenvalue weighted by atomic mass is 35.5. The molecule has 3 rings (SSSR count). The quantitative estimate of drug-likeness (QED) is 0.666. The van der Waals surface area contributed by atoms with Gasteiger partial charge in [-0.05, 0) is 50.2 Å². The molecule has 1 aromatic heterocycles. The number of nitrogens with one attached hydrogen (secondary N) is 1. The molecule has 5 nitrogen and oxygen atoms in total. The van der Waals surface area contributed by atoms with Crippen LogP contribution in [0.25, 0.3) is 10.2 Å². The van der Waals surface area contributed by atoms with Crippen LogP contribution >= 0.6 is 34.5 Å². The number of aromatic nitrogens is 1. The minimum Gasteiger partial charge on any atom is -0.296 e. The van der Waals surface area contributed by atoms with Crippen molar-refractivity contribution in [3.63, 3.8) is 0 Å². The highest BCUT2D eigenvalue weighted by Crippen LogP contribution is 2.28. The summed E-state index contributed by atoms with van der Waals surface area (Å²) >= 11 is 12.8. The van der Waals surface area contributed by atoms with Crippen molar-refractivity contribution in [3.8, 4) is 0 Å². The Morgan fingerprint density at radius 3 is 2.44 bits per heavy atom. The Bertz CT molecular complexity index is 1120. The van der Waals surface area contributed by atoms with Gasteiger partial charge in [0.25, 0.3) is 10.0 Å². The predicted molar refractivity (Wildman–Crippen MR) is 104 cm³/mol. The molecule has 0 amide bonds. The van der Waals surface area contributed by atoms with Crippen LogP contribution in [0.4, 0.5) is 5.69 Å². The maximum absolute atomic E-state index is 12.6. The number of anilines is 1. The predicted octanol–water partition coefficient (Wildman–Crippen LogP) is 4.75. The van der Waals surface area contributed by atoms with Crippen molar-refractivity contribution in [3.05, 3.63) is 56.1 Å². The summed E-state index contributed by atoms with van der Waals surface area (Å²) in [4.78, 5) is 12.0. The van der Waals surface area contributed by atoms with E-state index in [0.717, 1.165) is 16.9 Å². The maximum Gasteiger partial charge on any atom is 0.308 e. The lowest BCUT2D eigenvalue weighted by Gasteiger charge is -2.10. The van der Waals surface area contributed by atoms with E-state index >= 15 is 0 Å². The molecule has 0 atom stereocenters. The van der Waals surface area contributed by atoms with Gasteiger partial charge in [0, 0.05) is 6.04 Å². The third-order valence-corrected chi connectivity index (χ3v) is 6.62. The molecule has 1 heterocycles. The van der Waals surface area contributed by atoms with Crippen molar-refractivity contribution in [2.24, 2.45) is 0 Å². The van der Waals surface area contributed by atoms with Gasteiger partial charge in [0.05, 0.1) is 30.8 Å². The van der Waals surface area contributed by atoms with Crippen molar-refractivity contribution >= 4 is 60.5 Å². The summed E-state index contributed by atoms with van der Waals surface area (Å²) < 4.78 is 29.9. The monoisotopic (exact) mass is 416 g/mol. The average Bonchev–Trinajstić information content (AvgIpc) is 2.85.